The second-order valence-electron chi connectivity index (χ2n) is 9.03. The molecule has 5 rings (SSSR count). The molecule has 0 bridgehead atoms. The molecule has 2 aliphatic rings. The van der Waals surface area contributed by atoms with E-state index < -0.39 is 0 Å². The van der Waals surface area contributed by atoms with E-state index in [1.165, 1.54) is 28.2 Å². The van der Waals surface area contributed by atoms with Gasteiger partial charge < -0.3 is 4.90 Å². The third-order valence-electron chi connectivity index (χ3n) is 6.86. The van der Waals surface area contributed by atoms with E-state index in [0.29, 0.717) is 17.5 Å². The van der Waals surface area contributed by atoms with Crippen molar-refractivity contribution in [3.8, 4) is 0 Å². The molecule has 3 aromatic carbocycles. The van der Waals surface area contributed by atoms with Crippen molar-refractivity contribution in [2.75, 3.05) is 37.6 Å². The Labute approximate surface area is 199 Å². The number of hydrogen-bond donors (Lipinski definition) is 0. The summed E-state index contributed by atoms with van der Waals surface area (Å²) in [4.78, 5) is 32.3. The first kappa shape index (κ1) is 22.3. The van der Waals surface area contributed by atoms with Crippen LogP contribution in [-0.4, -0.2) is 54.3 Å². The number of benzene rings is 3. The molecule has 174 valence electrons. The summed E-state index contributed by atoms with van der Waals surface area (Å²) >= 11 is 0. The van der Waals surface area contributed by atoms with Gasteiger partial charge >= 0.3 is 0 Å². The summed E-state index contributed by atoms with van der Waals surface area (Å²) in [7, 11) is 0. The van der Waals surface area contributed by atoms with Crippen LogP contribution in [-0.2, 0) is 13.0 Å². The number of aryl methyl sites for hydroxylation is 1. The van der Waals surface area contributed by atoms with Crippen LogP contribution in [0.3, 0.4) is 0 Å². The van der Waals surface area contributed by atoms with Crippen LogP contribution in [0.2, 0.25) is 0 Å². The molecule has 0 saturated carbocycles. The molecule has 1 saturated heterocycles. The Morgan fingerprint density at radius 1 is 0.853 bits per heavy atom. The monoisotopic (exact) mass is 457 g/mol. The Morgan fingerprint density at radius 2 is 1.62 bits per heavy atom. The van der Waals surface area contributed by atoms with Crippen LogP contribution in [0.25, 0.3) is 0 Å². The normalized spacial score (nSPS) is 16.3. The van der Waals surface area contributed by atoms with Gasteiger partial charge in [-0.25, -0.2) is 4.39 Å². The number of carbonyl (C=O) groups excluding carboxylic acids is 2. The first-order chi connectivity index (χ1) is 16.5. The number of anilines is 1. The van der Waals surface area contributed by atoms with Crippen molar-refractivity contribution in [1.29, 1.82) is 0 Å². The topological polar surface area (TPSA) is 43.9 Å². The van der Waals surface area contributed by atoms with Crippen molar-refractivity contribution >= 4 is 17.5 Å². The van der Waals surface area contributed by atoms with Gasteiger partial charge in [-0.05, 0) is 54.3 Å². The lowest BCUT2D eigenvalue weighted by atomic mass is 10.1. The Morgan fingerprint density at radius 3 is 2.38 bits per heavy atom. The summed E-state index contributed by atoms with van der Waals surface area (Å²) in [6.45, 7) is 6.67. The summed E-state index contributed by atoms with van der Waals surface area (Å²) in [6.07, 6.45) is 0.427. The van der Waals surface area contributed by atoms with Gasteiger partial charge in [0.15, 0.2) is 0 Å². The highest BCUT2D eigenvalue weighted by Gasteiger charge is 2.38. The number of nitrogens with zero attached hydrogens (tertiary/aromatic N) is 3. The largest absolute Gasteiger partial charge is 0.368 e. The quantitative estimate of drug-likeness (QED) is 0.518. The molecule has 34 heavy (non-hydrogen) atoms. The van der Waals surface area contributed by atoms with Crippen LogP contribution in [0.5, 0.6) is 0 Å². The van der Waals surface area contributed by atoms with E-state index in [9.17, 15) is 14.0 Å². The van der Waals surface area contributed by atoms with Crippen molar-refractivity contribution in [3.05, 3.63) is 100 Å². The lowest BCUT2D eigenvalue weighted by Gasteiger charge is -2.37. The van der Waals surface area contributed by atoms with E-state index >= 15 is 0 Å². The standard InChI is InChI=1S/C28H28FN3O2/c1-20-6-2-3-8-22(20)19-30-14-16-31(17-15-30)25-11-5-10-24-26(25)28(34)32(27(24)33)13-12-21-7-4-9-23(29)18-21/h2-11,18H,12-17,19H2,1H3. The zero-order chi connectivity index (χ0) is 23.7. The minimum atomic E-state index is -0.316. The van der Waals surface area contributed by atoms with Crippen LogP contribution in [0, 0.1) is 12.7 Å². The molecule has 0 unspecified atom stereocenters. The van der Waals surface area contributed by atoms with Crippen LogP contribution in [0.15, 0.2) is 66.7 Å². The summed E-state index contributed by atoms with van der Waals surface area (Å²) in [5.74, 6) is -0.838. The SMILES string of the molecule is Cc1ccccc1CN1CCN(c2cccc3c2C(=O)N(CCc2cccc(F)c2)C3=O)CC1. The Kier molecular flexibility index (Phi) is 6.16. The van der Waals surface area contributed by atoms with Gasteiger partial charge in [0, 0.05) is 39.3 Å². The molecule has 2 heterocycles. The molecule has 0 N–H and O–H groups in total. The van der Waals surface area contributed by atoms with Gasteiger partial charge in [-0.3, -0.25) is 19.4 Å². The van der Waals surface area contributed by atoms with Crippen molar-refractivity contribution < 1.29 is 14.0 Å². The van der Waals surface area contributed by atoms with E-state index in [0.717, 1.165) is 44.0 Å². The van der Waals surface area contributed by atoms with Gasteiger partial charge in [-0.15, -0.1) is 0 Å². The molecule has 6 heteroatoms. The van der Waals surface area contributed by atoms with E-state index in [2.05, 4.69) is 41.0 Å². The third kappa shape index (κ3) is 4.33. The number of fused-ring (bicyclic) bond motifs is 1. The van der Waals surface area contributed by atoms with Gasteiger partial charge in [0.2, 0.25) is 0 Å². The highest BCUT2D eigenvalue weighted by Crippen LogP contribution is 2.32. The maximum Gasteiger partial charge on any atom is 0.263 e. The number of carbonyl (C=O) groups is 2. The summed E-state index contributed by atoms with van der Waals surface area (Å²) < 4.78 is 13.5. The van der Waals surface area contributed by atoms with E-state index in [1.54, 1.807) is 12.1 Å². The van der Waals surface area contributed by atoms with Crippen molar-refractivity contribution in [3.63, 3.8) is 0 Å². The van der Waals surface area contributed by atoms with Crippen LogP contribution in [0.4, 0.5) is 10.1 Å². The second-order valence-corrected chi connectivity index (χ2v) is 9.03. The predicted octanol–water partition coefficient (Wildman–Crippen LogP) is 4.30. The van der Waals surface area contributed by atoms with Crippen LogP contribution < -0.4 is 4.90 Å². The van der Waals surface area contributed by atoms with Crippen LogP contribution in [0.1, 0.15) is 37.4 Å². The molecular formula is C28H28FN3O2. The molecule has 5 nitrogen and oxygen atoms in total. The molecule has 2 aliphatic heterocycles. The number of halogens is 1. The summed E-state index contributed by atoms with van der Waals surface area (Å²) in [6, 6.07) is 20.3. The molecule has 1 fully saturated rings. The molecular weight excluding hydrogens is 429 g/mol. The second kappa shape index (κ2) is 9.39. The average Bonchev–Trinajstić information content (AvgIpc) is 3.09. The van der Waals surface area contributed by atoms with Crippen LogP contribution >= 0.6 is 0 Å². The number of amides is 2. The maximum absolute atomic E-state index is 13.5. The zero-order valence-corrected chi connectivity index (χ0v) is 19.3. The van der Waals surface area contributed by atoms with Gasteiger partial charge in [-0.1, -0.05) is 42.5 Å². The minimum absolute atomic E-state index is 0.236. The molecule has 0 atom stereocenters. The summed E-state index contributed by atoms with van der Waals surface area (Å²) in [5.41, 5.74) is 5.20. The highest BCUT2D eigenvalue weighted by molar-refractivity contribution is 6.23. The van der Waals surface area contributed by atoms with Gasteiger partial charge in [0.25, 0.3) is 11.8 Å². The molecule has 3 aromatic rings. The van der Waals surface area contributed by atoms with E-state index in [1.807, 2.05) is 18.2 Å². The summed E-state index contributed by atoms with van der Waals surface area (Å²) in [5, 5.41) is 0. The van der Waals surface area contributed by atoms with Crippen molar-refractivity contribution in [2.45, 2.75) is 19.9 Å². The van der Waals surface area contributed by atoms with Gasteiger partial charge in [0.1, 0.15) is 5.82 Å². The van der Waals surface area contributed by atoms with Gasteiger partial charge in [0.05, 0.1) is 16.8 Å². The molecule has 0 aromatic heterocycles. The third-order valence-corrected chi connectivity index (χ3v) is 6.86. The first-order valence-corrected chi connectivity index (χ1v) is 11.8. The Balaban J connectivity index is 1.28. The number of hydrogen-bond acceptors (Lipinski definition) is 4. The number of rotatable bonds is 6. The molecule has 0 radical (unpaired) electrons. The molecule has 0 spiro atoms. The smallest absolute Gasteiger partial charge is 0.263 e. The Bertz CT molecular complexity index is 1230. The van der Waals surface area contributed by atoms with Crippen molar-refractivity contribution in [2.24, 2.45) is 0 Å². The minimum Gasteiger partial charge on any atom is -0.368 e. The fourth-order valence-electron chi connectivity index (χ4n) is 4.89. The average molecular weight is 458 g/mol. The fraction of sp³-hybridized carbons (Fsp3) is 0.286. The Hall–Kier alpha value is -3.51. The van der Waals surface area contributed by atoms with E-state index in [-0.39, 0.29) is 24.2 Å². The maximum atomic E-state index is 13.5. The van der Waals surface area contributed by atoms with Gasteiger partial charge in [-0.2, -0.15) is 0 Å². The first-order valence-electron chi connectivity index (χ1n) is 11.8. The zero-order valence-electron chi connectivity index (χ0n) is 19.3. The van der Waals surface area contributed by atoms with E-state index in [4.69, 9.17) is 0 Å². The lowest BCUT2D eigenvalue weighted by Crippen LogP contribution is -2.46. The molecule has 0 aliphatic carbocycles. The fourth-order valence-corrected chi connectivity index (χ4v) is 4.89. The predicted molar refractivity (Wildman–Crippen MR) is 131 cm³/mol. The number of imide groups is 1. The van der Waals surface area contributed by atoms with Crippen molar-refractivity contribution in [1.82, 2.24) is 9.80 Å². The number of piperazine rings is 1. The lowest BCUT2D eigenvalue weighted by molar-refractivity contribution is 0.0656. The molecule has 2 amide bonds. The highest BCUT2D eigenvalue weighted by atomic mass is 19.1.